The number of benzene rings is 2. The van der Waals surface area contributed by atoms with Gasteiger partial charge in [0.15, 0.2) is 5.13 Å². The molecule has 2 heterocycles. The molecule has 0 N–H and O–H groups in total. The van der Waals surface area contributed by atoms with Gasteiger partial charge in [0.2, 0.25) is 5.91 Å². The highest BCUT2D eigenvalue weighted by Gasteiger charge is 2.21. The summed E-state index contributed by atoms with van der Waals surface area (Å²) in [5, 5.41) is 0.654. The van der Waals surface area contributed by atoms with E-state index in [0.717, 1.165) is 27.3 Å². The van der Waals surface area contributed by atoms with Crippen LogP contribution in [0.5, 0.6) is 5.75 Å². The number of carbonyl (C=O) groups excluding carboxylic acids is 1. The SMILES string of the molecule is CCOc1ccc2nc(N(Cc3ccco3)C(=O)Cc3ccccc3)sc2c1. The third-order valence-corrected chi connectivity index (χ3v) is 5.32. The van der Waals surface area contributed by atoms with Crippen LogP contribution in [0.15, 0.2) is 71.3 Å². The van der Waals surface area contributed by atoms with Crippen molar-refractivity contribution in [2.24, 2.45) is 0 Å². The van der Waals surface area contributed by atoms with Crippen molar-refractivity contribution < 1.29 is 13.9 Å². The third-order valence-electron chi connectivity index (χ3n) is 4.28. The van der Waals surface area contributed by atoms with E-state index < -0.39 is 0 Å². The number of aromatic nitrogens is 1. The van der Waals surface area contributed by atoms with Gasteiger partial charge in [0.1, 0.15) is 11.5 Å². The Kier molecular flexibility index (Phi) is 5.39. The Labute approximate surface area is 167 Å². The fraction of sp³-hybridized carbons (Fsp3) is 0.182. The Morgan fingerprint density at radius 2 is 2.00 bits per heavy atom. The van der Waals surface area contributed by atoms with Gasteiger partial charge in [-0.25, -0.2) is 4.98 Å². The van der Waals surface area contributed by atoms with Crippen LogP contribution in [0, 0.1) is 0 Å². The van der Waals surface area contributed by atoms with Gasteiger partial charge in [-0.15, -0.1) is 0 Å². The molecule has 142 valence electrons. The highest BCUT2D eigenvalue weighted by molar-refractivity contribution is 7.22. The number of carbonyl (C=O) groups is 1. The number of nitrogens with zero attached hydrogens (tertiary/aromatic N) is 2. The minimum absolute atomic E-state index is 0.0216. The zero-order valence-corrected chi connectivity index (χ0v) is 16.3. The fourth-order valence-electron chi connectivity index (χ4n) is 2.95. The van der Waals surface area contributed by atoms with Crippen molar-refractivity contribution in [2.45, 2.75) is 19.9 Å². The number of ether oxygens (including phenoxy) is 1. The summed E-state index contributed by atoms with van der Waals surface area (Å²) in [4.78, 5) is 19.5. The number of anilines is 1. The molecule has 0 aliphatic rings. The standard InChI is InChI=1S/C22H20N2O3S/c1-2-26-17-10-11-19-20(14-17)28-22(23-19)24(15-18-9-6-12-27-18)21(25)13-16-7-4-3-5-8-16/h3-12,14H,2,13,15H2,1H3. The molecule has 0 aliphatic carbocycles. The third kappa shape index (κ3) is 4.07. The summed E-state index contributed by atoms with van der Waals surface area (Å²) in [7, 11) is 0. The molecule has 1 amide bonds. The van der Waals surface area contributed by atoms with E-state index in [2.05, 4.69) is 4.98 Å². The molecule has 0 radical (unpaired) electrons. The van der Waals surface area contributed by atoms with Crippen LogP contribution < -0.4 is 9.64 Å². The van der Waals surface area contributed by atoms with Gasteiger partial charge in [-0.3, -0.25) is 9.69 Å². The Morgan fingerprint density at radius 3 is 2.75 bits per heavy atom. The summed E-state index contributed by atoms with van der Waals surface area (Å²) in [6, 6.07) is 19.2. The van der Waals surface area contributed by atoms with Crippen LogP contribution in [-0.2, 0) is 17.8 Å². The monoisotopic (exact) mass is 392 g/mol. The van der Waals surface area contributed by atoms with Gasteiger partial charge in [-0.1, -0.05) is 41.7 Å². The molecular formula is C22H20N2O3S. The van der Waals surface area contributed by atoms with E-state index in [1.165, 1.54) is 11.3 Å². The van der Waals surface area contributed by atoms with Crippen molar-refractivity contribution in [1.29, 1.82) is 0 Å². The number of thiazole rings is 1. The van der Waals surface area contributed by atoms with Gasteiger partial charge in [0.25, 0.3) is 0 Å². The van der Waals surface area contributed by atoms with Crippen LogP contribution in [-0.4, -0.2) is 17.5 Å². The molecule has 0 aliphatic heterocycles. The lowest BCUT2D eigenvalue weighted by molar-refractivity contribution is -0.118. The van der Waals surface area contributed by atoms with E-state index in [1.54, 1.807) is 11.2 Å². The first-order chi connectivity index (χ1) is 13.7. The highest BCUT2D eigenvalue weighted by Crippen LogP contribution is 2.32. The number of furan rings is 1. The predicted octanol–water partition coefficient (Wildman–Crippen LogP) is 5.06. The molecule has 0 fully saturated rings. The first-order valence-corrected chi connectivity index (χ1v) is 9.94. The van der Waals surface area contributed by atoms with Crippen LogP contribution in [0.25, 0.3) is 10.2 Å². The summed E-state index contributed by atoms with van der Waals surface area (Å²) in [6.45, 7) is 2.91. The second kappa shape index (κ2) is 8.27. The van der Waals surface area contributed by atoms with Crippen LogP contribution in [0.3, 0.4) is 0 Å². The maximum atomic E-state index is 13.1. The molecule has 0 bridgehead atoms. The Balaban J connectivity index is 1.66. The van der Waals surface area contributed by atoms with Crippen LogP contribution >= 0.6 is 11.3 Å². The maximum absolute atomic E-state index is 13.1. The van der Waals surface area contributed by atoms with Gasteiger partial charge in [0.05, 0.1) is 36.1 Å². The zero-order chi connectivity index (χ0) is 19.3. The fourth-order valence-corrected chi connectivity index (χ4v) is 3.96. The van der Waals surface area contributed by atoms with Crippen molar-refractivity contribution in [3.63, 3.8) is 0 Å². The lowest BCUT2D eigenvalue weighted by atomic mass is 10.1. The van der Waals surface area contributed by atoms with Crippen molar-refractivity contribution in [3.8, 4) is 5.75 Å². The minimum atomic E-state index is -0.0216. The molecule has 4 aromatic rings. The maximum Gasteiger partial charge on any atom is 0.233 e. The van der Waals surface area contributed by atoms with E-state index in [0.29, 0.717) is 24.7 Å². The van der Waals surface area contributed by atoms with E-state index in [1.807, 2.05) is 67.6 Å². The van der Waals surface area contributed by atoms with Gasteiger partial charge in [-0.05, 0) is 42.8 Å². The summed E-state index contributed by atoms with van der Waals surface area (Å²) >= 11 is 1.48. The summed E-state index contributed by atoms with van der Waals surface area (Å²) in [5.41, 5.74) is 1.82. The number of hydrogen-bond donors (Lipinski definition) is 0. The highest BCUT2D eigenvalue weighted by atomic mass is 32.1. The van der Waals surface area contributed by atoms with Gasteiger partial charge in [-0.2, -0.15) is 0 Å². The van der Waals surface area contributed by atoms with Crippen LogP contribution in [0.2, 0.25) is 0 Å². The molecule has 0 saturated heterocycles. The molecule has 2 aromatic carbocycles. The molecular weight excluding hydrogens is 372 g/mol. The molecule has 4 rings (SSSR count). The predicted molar refractivity (Wildman–Crippen MR) is 111 cm³/mol. The smallest absolute Gasteiger partial charge is 0.233 e. The number of amides is 1. The first-order valence-electron chi connectivity index (χ1n) is 9.13. The second-order valence-corrected chi connectivity index (χ2v) is 7.29. The van der Waals surface area contributed by atoms with Crippen molar-refractivity contribution in [3.05, 3.63) is 78.3 Å². The molecule has 0 atom stereocenters. The van der Waals surface area contributed by atoms with Crippen molar-refractivity contribution in [2.75, 3.05) is 11.5 Å². The molecule has 0 unspecified atom stereocenters. The molecule has 6 heteroatoms. The molecule has 5 nitrogen and oxygen atoms in total. The van der Waals surface area contributed by atoms with Crippen LogP contribution in [0.4, 0.5) is 5.13 Å². The van der Waals surface area contributed by atoms with Crippen molar-refractivity contribution in [1.82, 2.24) is 4.98 Å². The topological polar surface area (TPSA) is 55.6 Å². The quantitative estimate of drug-likeness (QED) is 0.441. The average Bonchev–Trinajstić information content (AvgIpc) is 3.36. The lowest BCUT2D eigenvalue weighted by Gasteiger charge is -2.18. The Hall–Kier alpha value is -3.12. The van der Waals surface area contributed by atoms with Gasteiger partial charge < -0.3 is 9.15 Å². The average molecular weight is 392 g/mol. The molecule has 28 heavy (non-hydrogen) atoms. The number of fused-ring (bicyclic) bond motifs is 1. The normalized spacial score (nSPS) is 10.9. The van der Waals surface area contributed by atoms with E-state index in [9.17, 15) is 4.79 Å². The van der Waals surface area contributed by atoms with Gasteiger partial charge >= 0.3 is 0 Å². The second-order valence-electron chi connectivity index (χ2n) is 6.28. The summed E-state index contributed by atoms with van der Waals surface area (Å²) in [5.74, 6) is 1.50. The Morgan fingerprint density at radius 1 is 1.14 bits per heavy atom. The zero-order valence-electron chi connectivity index (χ0n) is 15.5. The van der Waals surface area contributed by atoms with Gasteiger partial charge in [0, 0.05) is 0 Å². The van der Waals surface area contributed by atoms with Crippen molar-refractivity contribution >= 4 is 32.6 Å². The first kappa shape index (κ1) is 18.3. The van der Waals surface area contributed by atoms with E-state index in [4.69, 9.17) is 9.15 Å². The summed E-state index contributed by atoms with van der Waals surface area (Å²) in [6.07, 6.45) is 1.92. The Bertz CT molecular complexity index is 1060. The van der Waals surface area contributed by atoms with Crippen LogP contribution in [0.1, 0.15) is 18.2 Å². The number of hydrogen-bond acceptors (Lipinski definition) is 5. The molecule has 0 spiro atoms. The molecule has 0 saturated carbocycles. The lowest BCUT2D eigenvalue weighted by Crippen LogP contribution is -2.31. The van der Waals surface area contributed by atoms with E-state index >= 15 is 0 Å². The number of rotatable bonds is 7. The largest absolute Gasteiger partial charge is 0.494 e. The van der Waals surface area contributed by atoms with E-state index in [-0.39, 0.29) is 5.91 Å². The molecule has 2 aromatic heterocycles. The summed E-state index contributed by atoms with van der Waals surface area (Å²) < 4.78 is 12.0. The minimum Gasteiger partial charge on any atom is -0.494 e.